The number of piperidine rings is 1. The zero-order valence-electron chi connectivity index (χ0n) is 14.6. The van der Waals surface area contributed by atoms with Crippen molar-refractivity contribution < 1.29 is 9.59 Å². The third kappa shape index (κ3) is 4.83. The quantitative estimate of drug-likeness (QED) is 0.790. The van der Waals surface area contributed by atoms with Crippen molar-refractivity contribution in [2.45, 2.75) is 38.3 Å². The van der Waals surface area contributed by atoms with Crippen molar-refractivity contribution in [1.29, 1.82) is 0 Å². The topological polar surface area (TPSA) is 61.4 Å². The first-order valence-electron chi connectivity index (χ1n) is 8.74. The highest BCUT2D eigenvalue weighted by Gasteiger charge is 2.36. The Morgan fingerprint density at radius 2 is 1.88 bits per heavy atom. The van der Waals surface area contributed by atoms with E-state index in [1.807, 2.05) is 0 Å². The van der Waals surface area contributed by atoms with E-state index >= 15 is 0 Å². The lowest BCUT2D eigenvalue weighted by Crippen LogP contribution is -2.53. The number of amides is 2. The predicted octanol–water partition coefficient (Wildman–Crippen LogP) is 3.13. The van der Waals surface area contributed by atoms with Gasteiger partial charge >= 0.3 is 0 Å². The smallest absolute Gasteiger partial charge is 0.254 e. The van der Waals surface area contributed by atoms with Gasteiger partial charge in [0.05, 0.1) is 0 Å². The second-order valence-electron chi connectivity index (χ2n) is 6.90. The molecule has 2 fully saturated rings. The molecule has 5 nitrogen and oxygen atoms in total. The second kappa shape index (κ2) is 9.27. The molecule has 2 aliphatic rings. The first-order chi connectivity index (χ1) is 12.0. The van der Waals surface area contributed by atoms with Crippen LogP contribution in [-0.2, 0) is 4.79 Å². The Labute approximate surface area is 170 Å². The fourth-order valence-corrected chi connectivity index (χ4v) is 4.16. The van der Waals surface area contributed by atoms with Crippen LogP contribution in [0, 0.1) is 5.92 Å². The Balaban J connectivity index is 0.00000243. The summed E-state index contributed by atoms with van der Waals surface area (Å²) >= 11 is 12.0. The van der Waals surface area contributed by atoms with Crippen LogP contribution in [0.1, 0.15) is 36.5 Å². The molecule has 2 saturated heterocycles. The molecule has 3 unspecified atom stereocenters. The highest BCUT2D eigenvalue weighted by molar-refractivity contribution is 6.35. The summed E-state index contributed by atoms with van der Waals surface area (Å²) in [6, 6.07) is 4.52. The molecular formula is C18H24Cl3N3O2. The molecule has 26 heavy (non-hydrogen) atoms. The molecule has 0 radical (unpaired) electrons. The van der Waals surface area contributed by atoms with Gasteiger partial charge in [0.2, 0.25) is 5.91 Å². The van der Waals surface area contributed by atoms with Gasteiger partial charge in [-0.2, -0.15) is 0 Å². The number of nitrogens with zero attached hydrogens (tertiary/aromatic N) is 1. The van der Waals surface area contributed by atoms with Crippen LogP contribution in [0.4, 0.5) is 0 Å². The van der Waals surface area contributed by atoms with E-state index < -0.39 is 6.04 Å². The van der Waals surface area contributed by atoms with Gasteiger partial charge in [-0.05, 0) is 56.5 Å². The molecule has 0 aromatic heterocycles. The Morgan fingerprint density at radius 1 is 1.19 bits per heavy atom. The van der Waals surface area contributed by atoms with E-state index in [1.54, 1.807) is 23.1 Å². The van der Waals surface area contributed by atoms with E-state index in [-0.39, 0.29) is 30.3 Å². The molecule has 2 N–H and O–H groups in total. The van der Waals surface area contributed by atoms with Crippen LogP contribution in [0.25, 0.3) is 0 Å². The van der Waals surface area contributed by atoms with Gasteiger partial charge in [0.25, 0.3) is 5.91 Å². The summed E-state index contributed by atoms with van der Waals surface area (Å²) in [5.41, 5.74) is 0.424. The van der Waals surface area contributed by atoms with Gasteiger partial charge in [-0.15, -0.1) is 12.4 Å². The van der Waals surface area contributed by atoms with Crippen LogP contribution in [-0.4, -0.2) is 48.4 Å². The maximum absolute atomic E-state index is 12.8. The summed E-state index contributed by atoms with van der Waals surface area (Å²) in [5.74, 6) is 0.133. The maximum atomic E-state index is 12.8. The minimum atomic E-state index is -0.424. The summed E-state index contributed by atoms with van der Waals surface area (Å²) in [4.78, 5) is 27.2. The number of benzene rings is 1. The van der Waals surface area contributed by atoms with Crippen molar-refractivity contribution >= 4 is 47.4 Å². The molecule has 1 aromatic rings. The molecule has 2 heterocycles. The van der Waals surface area contributed by atoms with Gasteiger partial charge in [-0.1, -0.05) is 30.1 Å². The Morgan fingerprint density at radius 3 is 2.54 bits per heavy atom. The van der Waals surface area contributed by atoms with E-state index in [2.05, 4.69) is 17.6 Å². The number of carbonyl (C=O) groups excluding carboxylic acids is 2. The van der Waals surface area contributed by atoms with E-state index in [0.29, 0.717) is 34.5 Å². The standard InChI is InChI=1S/C18H23Cl2N3O2.ClH/c1-11-10-21-5-4-15(11)22-17(24)16-3-2-6-23(16)18(25)12-7-13(19)9-14(20)8-12;/h7-9,11,15-16,21H,2-6,10H2,1H3,(H,22,24);1H. The third-order valence-corrected chi connectivity index (χ3v) is 5.48. The molecule has 0 spiro atoms. The first kappa shape index (κ1) is 21.3. The van der Waals surface area contributed by atoms with E-state index in [4.69, 9.17) is 23.2 Å². The highest BCUT2D eigenvalue weighted by Crippen LogP contribution is 2.25. The van der Waals surface area contributed by atoms with Crippen molar-refractivity contribution in [2.24, 2.45) is 5.92 Å². The molecule has 144 valence electrons. The summed E-state index contributed by atoms with van der Waals surface area (Å²) in [7, 11) is 0. The van der Waals surface area contributed by atoms with Crippen LogP contribution in [0.3, 0.4) is 0 Å². The van der Waals surface area contributed by atoms with Crippen LogP contribution in [0.2, 0.25) is 10.0 Å². The van der Waals surface area contributed by atoms with Gasteiger partial charge in [-0.3, -0.25) is 9.59 Å². The molecule has 2 amide bonds. The Kier molecular flexibility index (Phi) is 7.59. The van der Waals surface area contributed by atoms with Gasteiger partial charge in [0.15, 0.2) is 0 Å². The number of rotatable bonds is 3. The van der Waals surface area contributed by atoms with E-state index in [9.17, 15) is 9.59 Å². The summed E-state index contributed by atoms with van der Waals surface area (Å²) < 4.78 is 0. The lowest BCUT2D eigenvalue weighted by atomic mass is 9.95. The minimum Gasteiger partial charge on any atom is -0.351 e. The number of likely N-dealkylation sites (tertiary alicyclic amines) is 1. The molecule has 0 bridgehead atoms. The van der Waals surface area contributed by atoms with Gasteiger partial charge in [0.1, 0.15) is 6.04 Å². The normalized spacial score (nSPS) is 25.5. The van der Waals surface area contributed by atoms with Crippen LogP contribution >= 0.6 is 35.6 Å². The lowest BCUT2D eigenvalue weighted by Gasteiger charge is -2.32. The number of hydrogen-bond acceptors (Lipinski definition) is 3. The SMILES string of the molecule is CC1CNCCC1NC(=O)C1CCCN1C(=O)c1cc(Cl)cc(Cl)c1.Cl. The largest absolute Gasteiger partial charge is 0.351 e. The first-order valence-corrected chi connectivity index (χ1v) is 9.49. The number of carbonyl (C=O) groups is 2. The van der Waals surface area contributed by atoms with E-state index in [0.717, 1.165) is 25.9 Å². The summed E-state index contributed by atoms with van der Waals surface area (Å²) in [6.07, 6.45) is 2.42. The number of halogens is 3. The van der Waals surface area contributed by atoms with Crippen molar-refractivity contribution in [2.75, 3.05) is 19.6 Å². The maximum Gasteiger partial charge on any atom is 0.254 e. The summed E-state index contributed by atoms with van der Waals surface area (Å²) in [5, 5.41) is 7.30. The van der Waals surface area contributed by atoms with Crippen LogP contribution < -0.4 is 10.6 Å². The molecule has 1 aromatic carbocycles. The average Bonchev–Trinajstić information content (AvgIpc) is 3.05. The second-order valence-corrected chi connectivity index (χ2v) is 7.77. The van der Waals surface area contributed by atoms with Crippen molar-refractivity contribution in [3.63, 3.8) is 0 Å². The Bertz CT molecular complexity index is 651. The molecule has 3 rings (SSSR count). The number of hydrogen-bond donors (Lipinski definition) is 2. The highest BCUT2D eigenvalue weighted by atomic mass is 35.5. The zero-order valence-corrected chi connectivity index (χ0v) is 17.0. The monoisotopic (exact) mass is 419 g/mol. The van der Waals surface area contributed by atoms with Crippen molar-refractivity contribution in [3.05, 3.63) is 33.8 Å². The average molecular weight is 421 g/mol. The number of nitrogens with one attached hydrogen (secondary N) is 2. The fourth-order valence-electron chi connectivity index (χ4n) is 3.63. The molecule has 0 saturated carbocycles. The third-order valence-electron chi connectivity index (χ3n) is 5.04. The zero-order chi connectivity index (χ0) is 18.0. The molecule has 3 atom stereocenters. The van der Waals surface area contributed by atoms with Crippen molar-refractivity contribution in [3.8, 4) is 0 Å². The van der Waals surface area contributed by atoms with Crippen molar-refractivity contribution in [1.82, 2.24) is 15.5 Å². The molecule has 8 heteroatoms. The predicted molar refractivity (Wildman–Crippen MR) is 106 cm³/mol. The molecular weight excluding hydrogens is 397 g/mol. The van der Waals surface area contributed by atoms with Gasteiger partial charge < -0.3 is 15.5 Å². The van der Waals surface area contributed by atoms with Crippen LogP contribution in [0.15, 0.2) is 18.2 Å². The molecule has 2 aliphatic heterocycles. The Hall–Kier alpha value is -1.01. The van der Waals surface area contributed by atoms with E-state index in [1.165, 1.54) is 0 Å². The van der Waals surface area contributed by atoms with Gasteiger partial charge in [-0.25, -0.2) is 0 Å². The molecule has 0 aliphatic carbocycles. The van der Waals surface area contributed by atoms with Crippen LogP contribution in [0.5, 0.6) is 0 Å². The fraction of sp³-hybridized carbons (Fsp3) is 0.556. The van der Waals surface area contributed by atoms with Gasteiger partial charge in [0, 0.05) is 28.2 Å². The lowest BCUT2D eigenvalue weighted by molar-refractivity contribution is -0.126. The minimum absolute atomic E-state index is 0. The summed E-state index contributed by atoms with van der Waals surface area (Å²) in [6.45, 7) is 4.51.